The van der Waals surface area contributed by atoms with Crippen LogP contribution in [0.4, 0.5) is 10.5 Å². The fourth-order valence-electron chi connectivity index (χ4n) is 6.03. The van der Waals surface area contributed by atoms with Gasteiger partial charge in [0.1, 0.15) is 28.9 Å². The van der Waals surface area contributed by atoms with Crippen LogP contribution in [-0.2, 0) is 27.4 Å². The highest BCUT2D eigenvalue weighted by molar-refractivity contribution is 5.96. The third-order valence-corrected chi connectivity index (χ3v) is 8.48. The summed E-state index contributed by atoms with van der Waals surface area (Å²) in [6.45, 7) is 9.18. The van der Waals surface area contributed by atoms with Gasteiger partial charge < -0.3 is 34.2 Å². The lowest BCUT2D eigenvalue weighted by molar-refractivity contribution is -0.131. The maximum Gasteiger partial charge on any atom is 0.410 e. The summed E-state index contributed by atoms with van der Waals surface area (Å²) >= 11 is 0. The zero-order chi connectivity index (χ0) is 33.8. The van der Waals surface area contributed by atoms with Crippen LogP contribution >= 0.6 is 0 Å². The number of benzene rings is 1. The van der Waals surface area contributed by atoms with E-state index in [0.29, 0.717) is 60.4 Å². The second-order valence-electron chi connectivity index (χ2n) is 13.7. The number of ether oxygens (including phenoxy) is 3. The standard InChI is InChI=1S/C35H44N8O5/c1-23(44)47-27-14-28(29(16-36)30(15-27)38-33-10-5-6-13-46-33)31-22-43(40-39-31)21-26-20-41-18-25(11-12-32(41)37-26)19-42(17-24-8-7-9-24)34(45)48-35(2,3)4/h11-12,14-16,18,20,22,24,33,36,38H,5-10,13,17,19,21H2,1-4H3. The van der Waals surface area contributed by atoms with Crippen molar-refractivity contribution >= 4 is 29.6 Å². The van der Waals surface area contributed by atoms with Gasteiger partial charge in [-0.1, -0.05) is 17.7 Å². The van der Waals surface area contributed by atoms with Gasteiger partial charge in [-0.15, -0.1) is 5.10 Å². The topological polar surface area (TPSA) is 149 Å². The fraction of sp³-hybridized carbons (Fsp3) is 0.486. The first-order valence-corrected chi connectivity index (χ1v) is 16.6. The monoisotopic (exact) mass is 656 g/mol. The van der Waals surface area contributed by atoms with E-state index in [4.69, 9.17) is 24.6 Å². The Morgan fingerprint density at radius 3 is 2.65 bits per heavy atom. The molecule has 0 bridgehead atoms. The first-order valence-electron chi connectivity index (χ1n) is 16.6. The molecule has 1 saturated heterocycles. The van der Waals surface area contributed by atoms with Crippen LogP contribution in [0.1, 0.15) is 83.0 Å². The lowest BCUT2D eigenvalue weighted by Gasteiger charge is -2.33. The van der Waals surface area contributed by atoms with Gasteiger partial charge in [0.25, 0.3) is 0 Å². The van der Waals surface area contributed by atoms with E-state index in [-0.39, 0.29) is 12.3 Å². The molecule has 1 aromatic carbocycles. The number of esters is 1. The van der Waals surface area contributed by atoms with Crippen molar-refractivity contribution in [2.24, 2.45) is 5.92 Å². The van der Waals surface area contributed by atoms with E-state index in [2.05, 4.69) is 15.6 Å². The largest absolute Gasteiger partial charge is 0.444 e. The Kier molecular flexibility index (Phi) is 9.76. The molecule has 2 N–H and O–H groups in total. The molecule has 3 aromatic heterocycles. The van der Waals surface area contributed by atoms with Crippen molar-refractivity contribution in [3.05, 3.63) is 59.7 Å². The number of carbonyl (C=O) groups is 2. The molecule has 0 radical (unpaired) electrons. The average molecular weight is 657 g/mol. The number of amides is 1. The number of hydrogen-bond donors (Lipinski definition) is 2. The van der Waals surface area contributed by atoms with Gasteiger partial charge in [0.05, 0.1) is 25.0 Å². The van der Waals surface area contributed by atoms with E-state index in [9.17, 15) is 9.59 Å². The van der Waals surface area contributed by atoms with Crippen molar-refractivity contribution in [3.8, 4) is 17.0 Å². The lowest BCUT2D eigenvalue weighted by Crippen LogP contribution is -2.40. The summed E-state index contributed by atoms with van der Waals surface area (Å²) < 4.78 is 20.7. The van der Waals surface area contributed by atoms with Crippen molar-refractivity contribution in [2.75, 3.05) is 18.5 Å². The van der Waals surface area contributed by atoms with E-state index in [1.54, 1.807) is 23.0 Å². The summed E-state index contributed by atoms with van der Waals surface area (Å²) in [5.74, 6) is 0.407. The number of hydrogen-bond acceptors (Lipinski definition) is 10. The van der Waals surface area contributed by atoms with Gasteiger partial charge in [0, 0.05) is 61.6 Å². The van der Waals surface area contributed by atoms with Crippen molar-refractivity contribution in [2.45, 2.75) is 91.1 Å². The second-order valence-corrected chi connectivity index (χ2v) is 13.7. The number of carbonyl (C=O) groups excluding carboxylic acids is 2. The molecular weight excluding hydrogens is 612 g/mol. The predicted octanol–water partition coefficient (Wildman–Crippen LogP) is 6.04. The lowest BCUT2D eigenvalue weighted by atomic mass is 9.85. The molecule has 4 aromatic rings. The van der Waals surface area contributed by atoms with Crippen LogP contribution in [0.25, 0.3) is 16.9 Å². The molecule has 1 atom stereocenters. The molecule has 1 unspecified atom stereocenters. The molecule has 1 saturated carbocycles. The number of aromatic nitrogens is 5. The zero-order valence-corrected chi connectivity index (χ0v) is 28.1. The number of fused-ring (bicyclic) bond motifs is 1. The predicted molar refractivity (Wildman–Crippen MR) is 180 cm³/mol. The molecule has 48 heavy (non-hydrogen) atoms. The van der Waals surface area contributed by atoms with Crippen LogP contribution in [0.3, 0.4) is 0 Å². The first-order chi connectivity index (χ1) is 23.0. The fourth-order valence-corrected chi connectivity index (χ4v) is 6.03. The third kappa shape index (κ3) is 8.19. The Morgan fingerprint density at radius 1 is 1.12 bits per heavy atom. The van der Waals surface area contributed by atoms with Crippen molar-refractivity contribution in [1.29, 1.82) is 5.41 Å². The molecule has 13 heteroatoms. The van der Waals surface area contributed by atoms with Crippen molar-refractivity contribution in [3.63, 3.8) is 0 Å². The summed E-state index contributed by atoms with van der Waals surface area (Å²) in [6.07, 6.45) is 12.9. The first kappa shape index (κ1) is 33.1. The summed E-state index contributed by atoms with van der Waals surface area (Å²) in [5, 5.41) is 20.3. The number of rotatable bonds is 11. The van der Waals surface area contributed by atoms with Crippen LogP contribution in [0.2, 0.25) is 0 Å². The number of nitrogens with zero attached hydrogens (tertiary/aromatic N) is 6. The van der Waals surface area contributed by atoms with Crippen molar-refractivity contribution < 1.29 is 23.8 Å². The quantitative estimate of drug-likeness (QED) is 0.112. The number of pyridine rings is 1. The smallest absolute Gasteiger partial charge is 0.410 e. The Morgan fingerprint density at radius 2 is 1.96 bits per heavy atom. The third-order valence-electron chi connectivity index (χ3n) is 8.48. The summed E-state index contributed by atoms with van der Waals surface area (Å²) in [6, 6.07) is 7.35. The number of nitrogens with one attached hydrogen (secondary N) is 2. The summed E-state index contributed by atoms with van der Waals surface area (Å²) in [7, 11) is 0. The van der Waals surface area contributed by atoms with E-state index >= 15 is 0 Å². The highest BCUT2D eigenvalue weighted by Crippen LogP contribution is 2.34. The van der Waals surface area contributed by atoms with Crippen LogP contribution in [0, 0.1) is 11.3 Å². The Bertz CT molecular complexity index is 1780. The molecule has 254 valence electrons. The maximum absolute atomic E-state index is 13.1. The van der Waals surface area contributed by atoms with Gasteiger partial charge in [-0.25, -0.2) is 14.5 Å². The highest BCUT2D eigenvalue weighted by atomic mass is 16.6. The Balaban J connectivity index is 1.20. The summed E-state index contributed by atoms with van der Waals surface area (Å²) in [5.41, 5.74) is 4.31. The van der Waals surface area contributed by atoms with E-state index in [1.807, 2.05) is 54.6 Å². The zero-order valence-electron chi connectivity index (χ0n) is 28.1. The molecule has 6 rings (SSSR count). The van der Waals surface area contributed by atoms with Gasteiger partial charge in [0.2, 0.25) is 0 Å². The maximum atomic E-state index is 13.1. The molecular formula is C35H44N8O5. The molecule has 13 nitrogen and oxygen atoms in total. The average Bonchev–Trinajstić information content (AvgIpc) is 3.64. The number of anilines is 1. The molecule has 1 aliphatic carbocycles. The van der Waals surface area contributed by atoms with E-state index in [0.717, 1.165) is 49.0 Å². The minimum atomic E-state index is -0.561. The minimum absolute atomic E-state index is 0.202. The van der Waals surface area contributed by atoms with Gasteiger partial charge in [-0.3, -0.25) is 4.79 Å². The Hall–Kier alpha value is -4.78. The minimum Gasteiger partial charge on any atom is -0.444 e. The Labute approximate surface area is 280 Å². The molecule has 1 aliphatic heterocycles. The molecule has 2 aliphatic rings. The SMILES string of the molecule is CC(=O)Oc1cc(NC2CCCCO2)c(C=N)c(-c2cn(Cc3cn4cc(CN(CC5CCC5)C(=O)OC(C)(C)C)ccc4n3)nn2)c1. The van der Waals surface area contributed by atoms with E-state index in [1.165, 1.54) is 19.6 Å². The van der Waals surface area contributed by atoms with E-state index < -0.39 is 11.6 Å². The van der Waals surface area contributed by atoms with Crippen LogP contribution in [-0.4, -0.2) is 72.5 Å². The molecule has 0 spiro atoms. The molecule has 4 heterocycles. The molecule has 1 amide bonds. The van der Waals surface area contributed by atoms with Crippen LogP contribution in [0.15, 0.2) is 42.9 Å². The van der Waals surface area contributed by atoms with Gasteiger partial charge in [-0.2, -0.15) is 0 Å². The normalized spacial score (nSPS) is 16.7. The van der Waals surface area contributed by atoms with Crippen LogP contribution in [0.5, 0.6) is 5.75 Å². The van der Waals surface area contributed by atoms with Gasteiger partial charge in [-0.05, 0) is 76.5 Å². The highest BCUT2D eigenvalue weighted by Gasteiger charge is 2.28. The van der Waals surface area contributed by atoms with Gasteiger partial charge >= 0.3 is 12.1 Å². The van der Waals surface area contributed by atoms with Crippen molar-refractivity contribution in [1.82, 2.24) is 29.3 Å². The van der Waals surface area contributed by atoms with Gasteiger partial charge in [0.15, 0.2) is 0 Å². The second kappa shape index (κ2) is 14.1. The number of imidazole rings is 1. The summed E-state index contributed by atoms with van der Waals surface area (Å²) in [4.78, 5) is 31.5. The molecule has 2 fully saturated rings. The van der Waals surface area contributed by atoms with Crippen LogP contribution < -0.4 is 10.1 Å².